The van der Waals surface area contributed by atoms with Crippen LogP contribution in [-0.4, -0.2) is 23.0 Å². The van der Waals surface area contributed by atoms with Gasteiger partial charge in [-0.15, -0.1) is 0 Å². The van der Waals surface area contributed by atoms with E-state index in [4.69, 9.17) is 27.9 Å². The number of hydrogen-bond acceptors (Lipinski definition) is 5. The van der Waals surface area contributed by atoms with Crippen LogP contribution < -0.4 is 10.1 Å². The summed E-state index contributed by atoms with van der Waals surface area (Å²) in [4.78, 5) is 36.5. The average Bonchev–Trinajstić information content (AvgIpc) is 2.78. The smallest absolute Gasteiger partial charge is 0.345 e. The highest BCUT2D eigenvalue weighted by atomic mass is 35.5. The second-order valence-electron chi connectivity index (χ2n) is 6.53. The molecular weight excluding hydrogens is 467 g/mol. The fraction of sp³-hybridized carbons (Fsp3) is 0. The molecule has 0 saturated heterocycles. The number of nitriles is 1. The maximum Gasteiger partial charge on any atom is 0.345 e. The molecule has 0 fully saturated rings. The van der Waals surface area contributed by atoms with Crippen molar-refractivity contribution in [1.82, 2.24) is 0 Å². The van der Waals surface area contributed by atoms with E-state index in [9.17, 15) is 24.8 Å². The number of ether oxygens (including phenoxy) is 1. The predicted octanol–water partition coefficient (Wildman–Crippen LogP) is 5.46. The number of rotatable bonds is 6. The highest BCUT2D eigenvalue weighted by molar-refractivity contribution is 6.36. The number of carboxylic acids is 1. The first-order valence-electron chi connectivity index (χ1n) is 9.32. The maximum absolute atomic E-state index is 12.6. The lowest BCUT2D eigenvalue weighted by Crippen LogP contribution is -2.16. The standard InChI is InChI=1S/C24H14Cl2N2O5/c25-16-9-10-17(19(26)12-16)24(32)33-21-8-4-1-5-14(21)11-15(13-27)22(29)28-20-7-3-2-6-18(20)23(30)31/h1-12H,(H,28,29)(H,30,31). The fourth-order valence-electron chi connectivity index (χ4n) is 2.77. The van der Waals surface area contributed by atoms with Gasteiger partial charge in [0, 0.05) is 10.6 Å². The number of amides is 1. The van der Waals surface area contributed by atoms with Gasteiger partial charge in [-0.1, -0.05) is 53.5 Å². The average molecular weight is 481 g/mol. The molecule has 33 heavy (non-hydrogen) atoms. The molecule has 0 bridgehead atoms. The molecule has 0 radical (unpaired) electrons. The van der Waals surface area contributed by atoms with E-state index in [-0.39, 0.29) is 38.7 Å². The number of halogens is 2. The minimum absolute atomic E-state index is 0.0354. The fourth-order valence-corrected chi connectivity index (χ4v) is 3.26. The van der Waals surface area contributed by atoms with E-state index in [2.05, 4.69) is 5.32 Å². The summed E-state index contributed by atoms with van der Waals surface area (Å²) in [7, 11) is 0. The Morgan fingerprint density at radius 3 is 2.36 bits per heavy atom. The molecule has 3 aromatic carbocycles. The molecule has 0 spiro atoms. The Morgan fingerprint density at radius 1 is 0.970 bits per heavy atom. The minimum atomic E-state index is -1.23. The zero-order valence-electron chi connectivity index (χ0n) is 16.7. The summed E-state index contributed by atoms with van der Waals surface area (Å²) in [5.41, 5.74) is -0.0636. The van der Waals surface area contributed by atoms with Crippen LogP contribution in [-0.2, 0) is 4.79 Å². The Balaban J connectivity index is 1.88. The van der Waals surface area contributed by atoms with E-state index in [1.165, 1.54) is 48.5 Å². The first-order valence-corrected chi connectivity index (χ1v) is 10.1. The largest absolute Gasteiger partial charge is 0.478 e. The van der Waals surface area contributed by atoms with E-state index in [1.54, 1.807) is 30.3 Å². The number of benzene rings is 3. The Labute approximate surface area is 198 Å². The van der Waals surface area contributed by atoms with Crippen LogP contribution in [0.5, 0.6) is 5.75 Å². The molecule has 1 amide bonds. The van der Waals surface area contributed by atoms with Crippen LogP contribution >= 0.6 is 23.2 Å². The van der Waals surface area contributed by atoms with Crippen molar-refractivity contribution < 1.29 is 24.2 Å². The van der Waals surface area contributed by atoms with Crippen molar-refractivity contribution in [1.29, 1.82) is 5.26 Å². The Bertz CT molecular complexity index is 1330. The number of nitrogens with zero attached hydrogens (tertiary/aromatic N) is 1. The number of nitrogens with one attached hydrogen (secondary N) is 1. The molecule has 164 valence electrons. The van der Waals surface area contributed by atoms with Gasteiger partial charge in [0.05, 0.1) is 21.8 Å². The second kappa shape index (κ2) is 10.5. The van der Waals surface area contributed by atoms with E-state index >= 15 is 0 Å². The highest BCUT2D eigenvalue weighted by Gasteiger charge is 2.18. The molecule has 0 aliphatic carbocycles. The van der Waals surface area contributed by atoms with Crippen LogP contribution in [0.4, 0.5) is 5.69 Å². The van der Waals surface area contributed by atoms with Gasteiger partial charge in [-0.25, -0.2) is 9.59 Å². The number of carboxylic acid groups (broad SMARTS) is 1. The molecule has 7 nitrogen and oxygen atoms in total. The molecule has 0 aromatic heterocycles. The van der Waals surface area contributed by atoms with Crippen LogP contribution in [0, 0.1) is 11.3 Å². The minimum Gasteiger partial charge on any atom is -0.478 e. The number of carbonyl (C=O) groups excluding carboxylic acids is 2. The topological polar surface area (TPSA) is 116 Å². The molecule has 0 atom stereocenters. The van der Waals surface area contributed by atoms with Crippen LogP contribution in [0.2, 0.25) is 10.0 Å². The maximum atomic E-state index is 12.6. The van der Waals surface area contributed by atoms with E-state index in [0.29, 0.717) is 5.02 Å². The van der Waals surface area contributed by atoms with Crippen molar-refractivity contribution in [2.24, 2.45) is 0 Å². The summed E-state index contributed by atoms with van der Waals surface area (Å²) < 4.78 is 5.42. The molecule has 0 aliphatic heterocycles. The number of esters is 1. The van der Waals surface area contributed by atoms with Gasteiger partial charge < -0.3 is 15.2 Å². The van der Waals surface area contributed by atoms with Crippen molar-refractivity contribution >= 4 is 52.8 Å². The molecule has 3 aromatic rings. The summed E-state index contributed by atoms with van der Waals surface area (Å²) in [5, 5.41) is 21.6. The molecule has 0 saturated carbocycles. The van der Waals surface area contributed by atoms with Gasteiger partial charge in [-0.05, 0) is 42.5 Å². The monoisotopic (exact) mass is 480 g/mol. The van der Waals surface area contributed by atoms with Gasteiger partial charge in [0.1, 0.15) is 17.4 Å². The number of anilines is 1. The lowest BCUT2D eigenvalue weighted by Gasteiger charge is -2.10. The van der Waals surface area contributed by atoms with Gasteiger partial charge in [-0.2, -0.15) is 5.26 Å². The van der Waals surface area contributed by atoms with Crippen molar-refractivity contribution in [3.8, 4) is 11.8 Å². The molecule has 3 rings (SSSR count). The van der Waals surface area contributed by atoms with Crippen molar-refractivity contribution in [3.05, 3.63) is 99.0 Å². The third-order valence-corrected chi connectivity index (χ3v) is 4.89. The number of para-hydroxylation sites is 2. The Hall–Kier alpha value is -4.12. The van der Waals surface area contributed by atoms with Crippen molar-refractivity contribution in [2.75, 3.05) is 5.32 Å². The second-order valence-corrected chi connectivity index (χ2v) is 7.37. The van der Waals surface area contributed by atoms with Crippen molar-refractivity contribution in [2.45, 2.75) is 0 Å². The molecule has 0 heterocycles. The first-order chi connectivity index (χ1) is 15.8. The Kier molecular flexibility index (Phi) is 7.46. The predicted molar refractivity (Wildman–Crippen MR) is 123 cm³/mol. The zero-order valence-corrected chi connectivity index (χ0v) is 18.2. The molecule has 0 aliphatic rings. The molecular formula is C24H14Cl2N2O5. The summed E-state index contributed by atoms with van der Waals surface area (Å²) in [5.74, 6) is -2.73. The highest BCUT2D eigenvalue weighted by Crippen LogP contribution is 2.26. The summed E-state index contributed by atoms with van der Waals surface area (Å²) in [6.07, 6.45) is 1.23. The zero-order chi connectivity index (χ0) is 24.0. The van der Waals surface area contributed by atoms with Crippen LogP contribution in [0.15, 0.2) is 72.3 Å². The van der Waals surface area contributed by atoms with Gasteiger partial charge in [-0.3, -0.25) is 4.79 Å². The van der Waals surface area contributed by atoms with Crippen LogP contribution in [0.3, 0.4) is 0 Å². The third-order valence-electron chi connectivity index (χ3n) is 4.34. The Morgan fingerprint density at radius 2 is 1.67 bits per heavy atom. The molecule has 2 N–H and O–H groups in total. The first kappa shape index (κ1) is 23.5. The SMILES string of the molecule is N#CC(=Cc1ccccc1OC(=O)c1ccc(Cl)cc1Cl)C(=O)Nc1ccccc1C(=O)O. The van der Waals surface area contributed by atoms with Gasteiger partial charge in [0.15, 0.2) is 0 Å². The van der Waals surface area contributed by atoms with E-state index in [1.807, 2.05) is 0 Å². The summed E-state index contributed by atoms with van der Waals surface area (Å²) in [6, 6.07) is 18.1. The number of carbonyl (C=O) groups is 3. The molecule has 0 unspecified atom stereocenters. The third kappa shape index (κ3) is 5.77. The van der Waals surface area contributed by atoms with E-state index < -0.39 is 17.8 Å². The molecule has 9 heteroatoms. The lowest BCUT2D eigenvalue weighted by molar-refractivity contribution is -0.112. The normalized spacial score (nSPS) is 10.8. The number of hydrogen-bond donors (Lipinski definition) is 2. The van der Waals surface area contributed by atoms with E-state index in [0.717, 1.165) is 0 Å². The van der Waals surface area contributed by atoms with Gasteiger partial charge >= 0.3 is 11.9 Å². The summed E-state index contributed by atoms with van der Waals surface area (Å²) in [6.45, 7) is 0. The number of aromatic carboxylic acids is 1. The quantitative estimate of drug-likeness (QED) is 0.209. The van der Waals surface area contributed by atoms with Crippen LogP contribution in [0.25, 0.3) is 6.08 Å². The van der Waals surface area contributed by atoms with Gasteiger partial charge in [0.25, 0.3) is 5.91 Å². The van der Waals surface area contributed by atoms with Gasteiger partial charge in [0.2, 0.25) is 0 Å². The van der Waals surface area contributed by atoms with Crippen LogP contribution in [0.1, 0.15) is 26.3 Å². The van der Waals surface area contributed by atoms with Crippen molar-refractivity contribution in [3.63, 3.8) is 0 Å². The lowest BCUT2D eigenvalue weighted by atomic mass is 10.1. The summed E-state index contributed by atoms with van der Waals surface area (Å²) >= 11 is 11.9.